The third-order valence-corrected chi connectivity index (χ3v) is 3.28. The molecule has 0 saturated heterocycles. The minimum atomic E-state index is 0.464. The Kier molecular flexibility index (Phi) is 3.49. The number of ether oxygens (including phenoxy) is 1. The van der Waals surface area contributed by atoms with E-state index in [1.807, 2.05) is 47.2 Å². The lowest BCUT2D eigenvalue weighted by Gasteiger charge is -2.06. The fourth-order valence-electron chi connectivity index (χ4n) is 2.00. The van der Waals surface area contributed by atoms with Gasteiger partial charge in [0.25, 0.3) is 0 Å². The summed E-state index contributed by atoms with van der Waals surface area (Å²) < 4.78 is 7.64. The maximum absolute atomic E-state index is 6.11. The second-order valence-corrected chi connectivity index (χ2v) is 4.69. The van der Waals surface area contributed by atoms with Crippen molar-refractivity contribution in [2.24, 2.45) is 0 Å². The third kappa shape index (κ3) is 2.62. The first-order chi connectivity index (χ1) is 9.34. The standard InChI is InChI=1S/C15H13ClN2O/c16-14-6-8-17-15-13(14)7-9-18(15)11-19-10-12-4-2-1-3-5-12/h1-9H,10-11H2. The van der Waals surface area contributed by atoms with Gasteiger partial charge in [0.15, 0.2) is 0 Å². The van der Waals surface area contributed by atoms with E-state index < -0.39 is 0 Å². The molecule has 0 spiro atoms. The highest BCUT2D eigenvalue weighted by molar-refractivity contribution is 6.35. The molecule has 0 unspecified atom stereocenters. The third-order valence-electron chi connectivity index (χ3n) is 2.95. The maximum atomic E-state index is 6.11. The van der Waals surface area contributed by atoms with Crippen LogP contribution in [-0.2, 0) is 18.1 Å². The Morgan fingerprint density at radius 2 is 1.95 bits per heavy atom. The summed E-state index contributed by atoms with van der Waals surface area (Å²) in [6, 6.07) is 13.8. The monoisotopic (exact) mass is 272 g/mol. The summed E-state index contributed by atoms with van der Waals surface area (Å²) in [5, 5.41) is 1.67. The highest BCUT2D eigenvalue weighted by atomic mass is 35.5. The topological polar surface area (TPSA) is 27.1 Å². The van der Waals surface area contributed by atoms with Crippen LogP contribution < -0.4 is 0 Å². The number of nitrogens with zero attached hydrogens (tertiary/aromatic N) is 2. The molecule has 96 valence electrons. The van der Waals surface area contributed by atoms with Crippen LogP contribution >= 0.6 is 11.6 Å². The molecule has 0 aliphatic carbocycles. The van der Waals surface area contributed by atoms with E-state index in [9.17, 15) is 0 Å². The summed E-state index contributed by atoms with van der Waals surface area (Å²) >= 11 is 6.11. The van der Waals surface area contributed by atoms with Crippen molar-refractivity contribution < 1.29 is 4.74 Å². The maximum Gasteiger partial charge on any atom is 0.143 e. The molecule has 1 aromatic carbocycles. The van der Waals surface area contributed by atoms with Crippen LogP contribution in [0.25, 0.3) is 11.0 Å². The number of fused-ring (bicyclic) bond motifs is 1. The van der Waals surface area contributed by atoms with Crippen molar-refractivity contribution in [1.82, 2.24) is 9.55 Å². The molecule has 0 aliphatic rings. The molecule has 2 heterocycles. The van der Waals surface area contributed by atoms with Gasteiger partial charge in [-0.25, -0.2) is 4.98 Å². The lowest BCUT2D eigenvalue weighted by atomic mass is 10.2. The molecule has 3 aromatic rings. The van der Waals surface area contributed by atoms with Crippen molar-refractivity contribution in [3.63, 3.8) is 0 Å². The lowest BCUT2D eigenvalue weighted by Crippen LogP contribution is -2.02. The van der Waals surface area contributed by atoms with Gasteiger partial charge in [0.2, 0.25) is 0 Å². The van der Waals surface area contributed by atoms with Crippen LogP contribution in [0, 0.1) is 0 Å². The highest BCUT2D eigenvalue weighted by Crippen LogP contribution is 2.22. The second-order valence-electron chi connectivity index (χ2n) is 4.28. The summed E-state index contributed by atoms with van der Waals surface area (Å²) in [4.78, 5) is 4.33. The lowest BCUT2D eigenvalue weighted by molar-refractivity contribution is 0.0664. The van der Waals surface area contributed by atoms with Gasteiger partial charge in [-0.1, -0.05) is 41.9 Å². The molecule has 0 amide bonds. The van der Waals surface area contributed by atoms with Crippen LogP contribution in [0.1, 0.15) is 5.56 Å². The van der Waals surface area contributed by atoms with Crippen molar-refractivity contribution >= 4 is 22.6 Å². The van der Waals surface area contributed by atoms with Crippen LogP contribution in [0.4, 0.5) is 0 Å². The van der Waals surface area contributed by atoms with Crippen LogP contribution in [0.3, 0.4) is 0 Å². The zero-order chi connectivity index (χ0) is 13.1. The molecule has 3 rings (SSSR count). The molecule has 4 heteroatoms. The van der Waals surface area contributed by atoms with E-state index in [0.29, 0.717) is 18.4 Å². The molecular weight excluding hydrogens is 260 g/mol. The Hall–Kier alpha value is -1.84. The molecule has 0 bridgehead atoms. The number of halogens is 1. The fourth-order valence-corrected chi connectivity index (χ4v) is 2.20. The zero-order valence-corrected chi connectivity index (χ0v) is 11.0. The van der Waals surface area contributed by atoms with Crippen LogP contribution in [0.5, 0.6) is 0 Å². The van der Waals surface area contributed by atoms with Gasteiger partial charge >= 0.3 is 0 Å². The van der Waals surface area contributed by atoms with E-state index >= 15 is 0 Å². The molecule has 0 saturated carbocycles. The summed E-state index contributed by atoms with van der Waals surface area (Å²) in [7, 11) is 0. The van der Waals surface area contributed by atoms with Gasteiger partial charge < -0.3 is 9.30 Å². The van der Waals surface area contributed by atoms with Crippen molar-refractivity contribution in [2.75, 3.05) is 0 Å². The summed E-state index contributed by atoms with van der Waals surface area (Å²) in [6.07, 6.45) is 3.65. The molecule has 0 radical (unpaired) electrons. The smallest absolute Gasteiger partial charge is 0.143 e. The first-order valence-corrected chi connectivity index (χ1v) is 6.43. The Morgan fingerprint density at radius 1 is 1.11 bits per heavy atom. The largest absolute Gasteiger partial charge is 0.356 e. The van der Waals surface area contributed by atoms with Crippen molar-refractivity contribution in [3.8, 4) is 0 Å². The molecule has 3 nitrogen and oxygen atoms in total. The van der Waals surface area contributed by atoms with Gasteiger partial charge in [0, 0.05) is 17.8 Å². The number of pyridine rings is 1. The van der Waals surface area contributed by atoms with Gasteiger partial charge in [0.05, 0.1) is 11.6 Å². The minimum Gasteiger partial charge on any atom is -0.356 e. The molecule has 0 aliphatic heterocycles. The summed E-state index contributed by atoms with van der Waals surface area (Å²) in [5.41, 5.74) is 2.01. The van der Waals surface area contributed by atoms with Crippen LogP contribution in [-0.4, -0.2) is 9.55 Å². The number of hydrogen-bond donors (Lipinski definition) is 0. The van der Waals surface area contributed by atoms with Crippen LogP contribution in [0.2, 0.25) is 5.02 Å². The van der Waals surface area contributed by atoms with Crippen molar-refractivity contribution in [3.05, 3.63) is 65.4 Å². The van der Waals surface area contributed by atoms with Gasteiger partial charge in [-0.2, -0.15) is 0 Å². The highest BCUT2D eigenvalue weighted by Gasteiger charge is 2.05. The molecule has 0 atom stereocenters. The Labute approximate surface area is 116 Å². The van der Waals surface area contributed by atoms with Crippen LogP contribution in [0.15, 0.2) is 54.9 Å². The van der Waals surface area contributed by atoms with E-state index in [2.05, 4.69) is 4.98 Å². The summed E-state index contributed by atoms with van der Waals surface area (Å²) in [6.45, 7) is 1.05. The van der Waals surface area contributed by atoms with Crippen molar-refractivity contribution in [2.45, 2.75) is 13.3 Å². The molecule has 19 heavy (non-hydrogen) atoms. The molecule has 0 fully saturated rings. The summed E-state index contributed by atoms with van der Waals surface area (Å²) in [5.74, 6) is 0. The van der Waals surface area contributed by atoms with E-state index in [1.165, 1.54) is 0 Å². The molecular formula is C15H13ClN2O. The number of benzene rings is 1. The van der Waals surface area contributed by atoms with E-state index in [-0.39, 0.29) is 0 Å². The Bertz CT molecular complexity index is 679. The first-order valence-electron chi connectivity index (χ1n) is 6.05. The average Bonchev–Trinajstić information content (AvgIpc) is 2.85. The Balaban J connectivity index is 1.71. The van der Waals surface area contributed by atoms with E-state index in [1.54, 1.807) is 12.3 Å². The quantitative estimate of drug-likeness (QED) is 0.721. The van der Waals surface area contributed by atoms with E-state index in [4.69, 9.17) is 16.3 Å². The number of aromatic nitrogens is 2. The predicted octanol–water partition coefficient (Wildman–Crippen LogP) is 3.86. The number of hydrogen-bond acceptors (Lipinski definition) is 2. The van der Waals surface area contributed by atoms with Gasteiger partial charge in [0.1, 0.15) is 12.4 Å². The van der Waals surface area contributed by atoms with Gasteiger partial charge in [-0.15, -0.1) is 0 Å². The molecule has 2 aromatic heterocycles. The SMILES string of the molecule is Clc1ccnc2c1ccn2COCc1ccccc1. The predicted molar refractivity (Wildman–Crippen MR) is 76.0 cm³/mol. The van der Waals surface area contributed by atoms with E-state index in [0.717, 1.165) is 16.6 Å². The molecule has 0 N–H and O–H groups in total. The first kappa shape index (κ1) is 12.2. The number of rotatable bonds is 4. The normalized spacial score (nSPS) is 11.0. The van der Waals surface area contributed by atoms with Crippen molar-refractivity contribution in [1.29, 1.82) is 0 Å². The zero-order valence-electron chi connectivity index (χ0n) is 10.3. The van der Waals surface area contributed by atoms with Gasteiger partial charge in [-0.05, 0) is 17.7 Å². The minimum absolute atomic E-state index is 0.464. The average molecular weight is 273 g/mol. The second kappa shape index (κ2) is 5.43. The fraction of sp³-hybridized carbons (Fsp3) is 0.133. The van der Waals surface area contributed by atoms with Gasteiger partial charge in [-0.3, -0.25) is 0 Å². The Morgan fingerprint density at radius 3 is 2.79 bits per heavy atom.